The number of methoxy groups -OCH3 is 1. The normalized spacial score (nSPS) is 10.0. The molecule has 0 aliphatic heterocycles. The number of aromatic nitrogens is 1. The summed E-state index contributed by atoms with van der Waals surface area (Å²) >= 11 is 1.33. The molecule has 98 valence electrons. The van der Waals surface area contributed by atoms with Crippen LogP contribution in [0, 0.1) is 6.92 Å². The summed E-state index contributed by atoms with van der Waals surface area (Å²) in [7, 11) is 1.31. The van der Waals surface area contributed by atoms with Crippen LogP contribution in [0.3, 0.4) is 0 Å². The van der Waals surface area contributed by atoms with Gasteiger partial charge in [-0.15, -0.1) is 11.3 Å². The van der Waals surface area contributed by atoms with Crippen molar-refractivity contribution in [2.45, 2.75) is 6.92 Å². The first-order chi connectivity index (χ1) is 9.11. The van der Waals surface area contributed by atoms with E-state index in [0.29, 0.717) is 16.1 Å². The maximum atomic E-state index is 12.0. The van der Waals surface area contributed by atoms with Crippen LogP contribution in [0.1, 0.15) is 25.6 Å². The lowest BCUT2D eigenvalue weighted by atomic mass is 10.2. The standard InChI is InChI=1S/C13H12N2O3S/c1-8-7-10(13(17)18-2)12(19-8)15-11(16)9-3-5-14-6-4-9/h3-7H,1-2H3,(H,15,16). The van der Waals surface area contributed by atoms with Crippen molar-refractivity contribution in [3.8, 4) is 0 Å². The maximum absolute atomic E-state index is 12.0. The Kier molecular flexibility index (Phi) is 3.91. The van der Waals surface area contributed by atoms with Gasteiger partial charge in [0.1, 0.15) is 5.00 Å². The predicted molar refractivity (Wildman–Crippen MR) is 72.6 cm³/mol. The number of carbonyl (C=O) groups is 2. The number of amides is 1. The number of pyridine rings is 1. The smallest absolute Gasteiger partial charge is 0.340 e. The van der Waals surface area contributed by atoms with E-state index in [1.807, 2.05) is 6.92 Å². The highest BCUT2D eigenvalue weighted by molar-refractivity contribution is 7.16. The van der Waals surface area contributed by atoms with Crippen molar-refractivity contribution in [3.05, 3.63) is 46.6 Å². The van der Waals surface area contributed by atoms with Gasteiger partial charge in [0.2, 0.25) is 0 Å². The van der Waals surface area contributed by atoms with Gasteiger partial charge in [0.15, 0.2) is 0 Å². The molecule has 2 heterocycles. The molecule has 2 aromatic heterocycles. The van der Waals surface area contributed by atoms with E-state index in [9.17, 15) is 9.59 Å². The average molecular weight is 276 g/mol. The molecule has 0 aliphatic carbocycles. The number of nitrogens with zero attached hydrogens (tertiary/aromatic N) is 1. The molecule has 0 fully saturated rings. The summed E-state index contributed by atoms with van der Waals surface area (Å²) in [5.74, 6) is -0.746. The number of hydrogen-bond donors (Lipinski definition) is 1. The molecule has 0 saturated carbocycles. The molecule has 0 atom stereocenters. The lowest BCUT2D eigenvalue weighted by Gasteiger charge is -2.04. The quantitative estimate of drug-likeness (QED) is 0.874. The molecule has 0 bridgehead atoms. The van der Waals surface area contributed by atoms with E-state index in [4.69, 9.17) is 0 Å². The molecule has 0 aliphatic rings. The summed E-state index contributed by atoms with van der Waals surface area (Å²) in [6, 6.07) is 4.90. The van der Waals surface area contributed by atoms with Crippen LogP contribution in [-0.4, -0.2) is 24.0 Å². The summed E-state index contributed by atoms with van der Waals surface area (Å²) in [6.07, 6.45) is 3.08. The summed E-state index contributed by atoms with van der Waals surface area (Å²) in [4.78, 5) is 28.4. The Hall–Kier alpha value is -2.21. The number of ether oxygens (including phenoxy) is 1. The molecular formula is C13H12N2O3S. The topological polar surface area (TPSA) is 68.3 Å². The van der Waals surface area contributed by atoms with Gasteiger partial charge in [-0.3, -0.25) is 9.78 Å². The lowest BCUT2D eigenvalue weighted by molar-refractivity contribution is 0.0602. The van der Waals surface area contributed by atoms with Crippen LogP contribution in [0.5, 0.6) is 0 Å². The van der Waals surface area contributed by atoms with Crippen molar-refractivity contribution in [1.29, 1.82) is 0 Å². The molecule has 2 aromatic rings. The first-order valence-electron chi connectivity index (χ1n) is 5.52. The van der Waals surface area contributed by atoms with Crippen molar-refractivity contribution < 1.29 is 14.3 Å². The molecule has 0 saturated heterocycles. The molecule has 0 unspecified atom stereocenters. The first-order valence-corrected chi connectivity index (χ1v) is 6.33. The van der Waals surface area contributed by atoms with Crippen LogP contribution >= 0.6 is 11.3 Å². The fraction of sp³-hybridized carbons (Fsp3) is 0.154. The maximum Gasteiger partial charge on any atom is 0.340 e. The Morgan fingerprint density at radius 3 is 2.63 bits per heavy atom. The number of rotatable bonds is 3. The SMILES string of the molecule is COC(=O)c1cc(C)sc1NC(=O)c1ccncc1. The molecule has 0 aromatic carbocycles. The Morgan fingerprint density at radius 1 is 1.32 bits per heavy atom. The third-order valence-electron chi connectivity index (χ3n) is 2.43. The van der Waals surface area contributed by atoms with Gasteiger partial charge in [-0.05, 0) is 25.1 Å². The number of aryl methyl sites for hydroxylation is 1. The number of anilines is 1. The van der Waals surface area contributed by atoms with Gasteiger partial charge in [0, 0.05) is 22.8 Å². The van der Waals surface area contributed by atoms with E-state index in [0.717, 1.165) is 4.88 Å². The minimum Gasteiger partial charge on any atom is -0.465 e. The van der Waals surface area contributed by atoms with E-state index < -0.39 is 5.97 Å². The van der Waals surface area contributed by atoms with Gasteiger partial charge < -0.3 is 10.1 Å². The second-order valence-electron chi connectivity index (χ2n) is 3.78. The van der Waals surface area contributed by atoms with Crippen LogP contribution in [0.25, 0.3) is 0 Å². The second kappa shape index (κ2) is 5.62. The number of nitrogens with one attached hydrogen (secondary N) is 1. The molecule has 0 spiro atoms. The van der Waals surface area contributed by atoms with Crippen LogP contribution in [0.15, 0.2) is 30.6 Å². The lowest BCUT2D eigenvalue weighted by Crippen LogP contribution is -2.13. The third-order valence-corrected chi connectivity index (χ3v) is 3.40. The molecule has 1 N–H and O–H groups in total. The molecule has 2 rings (SSSR count). The largest absolute Gasteiger partial charge is 0.465 e. The summed E-state index contributed by atoms with van der Waals surface area (Å²) < 4.78 is 4.68. The van der Waals surface area contributed by atoms with Crippen LogP contribution in [-0.2, 0) is 4.74 Å². The van der Waals surface area contributed by atoms with Crippen LogP contribution < -0.4 is 5.32 Å². The van der Waals surface area contributed by atoms with Crippen molar-refractivity contribution in [2.75, 3.05) is 12.4 Å². The zero-order valence-electron chi connectivity index (χ0n) is 10.5. The minimum atomic E-state index is -0.464. The number of carbonyl (C=O) groups excluding carboxylic acids is 2. The highest BCUT2D eigenvalue weighted by atomic mass is 32.1. The van der Waals surface area contributed by atoms with Gasteiger partial charge in [-0.1, -0.05) is 0 Å². The van der Waals surface area contributed by atoms with Crippen molar-refractivity contribution in [3.63, 3.8) is 0 Å². The van der Waals surface area contributed by atoms with Crippen molar-refractivity contribution >= 4 is 28.2 Å². The zero-order chi connectivity index (χ0) is 13.8. The Balaban J connectivity index is 2.24. The monoisotopic (exact) mass is 276 g/mol. The number of esters is 1. The number of thiophene rings is 1. The van der Waals surface area contributed by atoms with E-state index in [-0.39, 0.29) is 5.91 Å². The molecule has 6 heteroatoms. The summed E-state index contributed by atoms with van der Waals surface area (Å²) in [6.45, 7) is 1.86. The Bertz CT molecular complexity index is 608. The van der Waals surface area contributed by atoms with E-state index in [1.54, 1.807) is 18.2 Å². The highest BCUT2D eigenvalue weighted by Gasteiger charge is 2.17. The van der Waals surface area contributed by atoms with Crippen LogP contribution in [0.4, 0.5) is 5.00 Å². The molecule has 0 radical (unpaired) electrons. The van der Waals surface area contributed by atoms with Gasteiger partial charge in [0.25, 0.3) is 5.91 Å². The van der Waals surface area contributed by atoms with E-state index >= 15 is 0 Å². The summed E-state index contributed by atoms with van der Waals surface area (Å²) in [5.41, 5.74) is 0.851. The highest BCUT2D eigenvalue weighted by Crippen LogP contribution is 2.28. The van der Waals surface area contributed by atoms with Crippen LogP contribution in [0.2, 0.25) is 0 Å². The molecular weight excluding hydrogens is 264 g/mol. The van der Waals surface area contributed by atoms with Crippen molar-refractivity contribution in [2.24, 2.45) is 0 Å². The third kappa shape index (κ3) is 2.97. The first kappa shape index (κ1) is 13.2. The molecule has 1 amide bonds. The zero-order valence-corrected chi connectivity index (χ0v) is 11.3. The van der Waals surface area contributed by atoms with E-state index in [2.05, 4.69) is 15.0 Å². The Morgan fingerprint density at radius 2 is 2.00 bits per heavy atom. The van der Waals surface area contributed by atoms with Gasteiger partial charge in [0.05, 0.1) is 12.7 Å². The van der Waals surface area contributed by atoms with Gasteiger partial charge >= 0.3 is 5.97 Å². The fourth-order valence-corrected chi connectivity index (χ4v) is 2.44. The van der Waals surface area contributed by atoms with Gasteiger partial charge in [-0.25, -0.2) is 4.79 Å². The molecule has 5 nitrogen and oxygen atoms in total. The molecule has 19 heavy (non-hydrogen) atoms. The Labute approximate surface area is 114 Å². The summed E-state index contributed by atoms with van der Waals surface area (Å²) in [5, 5.41) is 3.21. The number of hydrogen-bond acceptors (Lipinski definition) is 5. The fourth-order valence-electron chi connectivity index (χ4n) is 1.55. The predicted octanol–water partition coefficient (Wildman–Crippen LogP) is 2.49. The second-order valence-corrected chi connectivity index (χ2v) is 5.04. The average Bonchev–Trinajstić information content (AvgIpc) is 2.79. The van der Waals surface area contributed by atoms with E-state index in [1.165, 1.54) is 30.8 Å². The minimum absolute atomic E-state index is 0.283. The van der Waals surface area contributed by atoms with Crippen molar-refractivity contribution in [1.82, 2.24) is 4.98 Å². The van der Waals surface area contributed by atoms with Gasteiger partial charge in [-0.2, -0.15) is 0 Å².